The first kappa shape index (κ1) is 34.7. The van der Waals surface area contributed by atoms with Gasteiger partial charge < -0.3 is 24.4 Å². The van der Waals surface area contributed by atoms with E-state index in [4.69, 9.17) is 21.1 Å². The molecule has 2 aromatic carbocycles. The number of fused-ring (bicyclic) bond motifs is 1. The van der Waals surface area contributed by atoms with E-state index in [9.17, 15) is 14.7 Å². The van der Waals surface area contributed by atoms with Gasteiger partial charge >= 0.3 is 12.1 Å². The lowest BCUT2D eigenvalue weighted by Gasteiger charge is -2.33. The van der Waals surface area contributed by atoms with Crippen molar-refractivity contribution in [3.8, 4) is 0 Å². The molecule has 1 saturated heterocycles. The number of aliphatic hydroxyl groups excluding tert-OH is 1. The van der Waals surface area contributed by atoms with Crippen molar-refractivity contribution in [1.82, 2.24) is 15.3 Å². The van der Waals surface area contributed by atoms with E-state index in [0.29, 0.717) is 60.0 Å². The maximum Gasteiger partial charge on any atom is 0.410 e. The second-order valence-corrected chi connectivity index (χ2v) is 13.4. The lowest BCUT2D eigenvalue weighted by atomic mass is 9.91. The Bertz CT molecular complexity index is 1480. The molecule has 1 amide bonds. The van der Waals surface area contributed by atoms with Crippen molar-refractivity contribution >= 4 is 41.1 Å². The van der Waals surface area contributed by atoms with E-state index in [1.165, 1.54) is 6.07 Å². The number of rotatable bonds is 5. The number of ether oxygens (including phenoxy) is 2. The summed E-state index contributed by atoms with van der Waals surface area (Å²) >= 11 is 6.04. The Kier molecular flexibility index (Phi) is 11.4. The number of anilines is 2. The number of aliphatic hydroxyl groups is 1. The van der Waals surface area contributed by atoms with Crippen molar-refractivity contribution in [3.63, 3.8) is 0 Å². The first-order valence-electron chi connectivity index (χ1n) is 16.2. The third-order valence-electron chi connectivity index (χ3n) is 9.05. The number of carbonyl (C=O) groups excluding carboxylic acids is 2. The normalized spacial score (nSPS) is 26.8. The van der Waals surface area contributed by atoms with E-state index in [2.05, 4.69) is 15.9 Å². The molecule has 3 heterocycles. The molecular formula is C35H45ClFN5O5. The fourth-order valence-corrected chi connectivity index (χ4v) is 6.21. The van der Waals surface area contributed by atoms with Crippen molar-refractivity contribution in [2.45, 2.75) is 64.9 Å². The Morgan fingerprint density at radius 2 is 1.85 bits per heavy atom. The van der Waals surface area contributed by atoms with Crippen LogP contribution in [0.4, 0.5) is 20.6 Å². The van der Waals surface area contributed by atoms with Crippen molar-refractivity contribution in [2.24, 2.45) is 11.8 Å². The van der Waals surface area contributed by atoms with Gasteiger partial charge in [-0.25, -0.2) is 9.18 Å². The molecule has 254 valence electrons. The molecule has 3 N–H and O–H groups in total. The van der Waals surface area contributed by atoms with Gasteiger partial charge in [0.25, 0.3) is 0 Å². The summed E-state index contributed by atoms with van der Waals surface area (Å²) in [7, 11) is 2.03. The first-order chi connectivity index (χ1) is 22.5. The summed E-state index contributed by atoms with van der Waals surface area (Å²) in [5.41, 5.74) is 9.16. The zero-order chi connectivity index (χ0) is 33.7. The lowest BCUT2D eigenvalue weighted by Crippen LogP contribution is -2.48. The maximum absolute atomic E-state index is 15.3. The van der Waals surface area contributed by atoms with Crippen LogP contribution in [-0.2, 0) is 20.8 Å². The molecule has 0 saturated carbocycles. The molecule has 47 heavy (non-hydrogen) atoms. The number of piperazine rings is 1. The summed E-state index contributed by atoms with van der Waals surface area (Å²) in [6.07, 6.45) is 3.91. The molecule has 2 aromatic rings. The number of hydrogen-bond acceptors (Lipinski definition) is 9. The van der Waals surface area contributed by atoms with E-state index >= 15 is 4.39 Å². The third-order valence-corrected chi connectivity index (χ3v) is 9.30. The van der Waals surface area contributed by atoms with Crippen molar-refractivity contribution < 1.29 is 28.6 Å². The van der Waals surface area contributed by atoms with Crippen LogP contribution in [0.25, 0.3) is 6.08 Å². The Balaban J connectivity index is 1.37. The van der Waals surface area contributed by atoms with Gasteiger partial charge in [0.1, 0.15) is 23.7 Å². The van der Waals surface area contributed by atoms with Crippen molar-refractivity contribution in [3.05, 3.63) is 76.1 Å². The minimum atomic E-state index is -0.889. The Hall–Kier alpha value is -3.64. The summed E-state index contributed by atoms with van der Waals surface area (Å²) < 4.78 is 27.2. The highest BCUT2D eigenvalue weighted by molar-refractivity contribution is 6.30. The molecule has 5 rings (SSSR count). The number of amides is 1. The summed E-state index contributed by atoms with van der Waals surface area (Å²) in [6.45, 7) is 8.99. The monoisotopic (exact) mass is 669 g/mol. The molecule has 0 aromatic heterocycles. The van der Waals surface area contributed by atoms with E-state index in [1.54, 1.807) is 11.0 Å². The highest BCUT2D eigenvalue weighted by Crippen LogP contribution is 2.35. The Labute approximate surface area is 281 Å². The van der Waals surface area contributed by atoms with Gasteiger partial charge in [-0.15, -0.1) is 5.53 Å². The zero-order valence-corrected chi connectivity index (χ0v) is 28.2. The summed E-state index contributed by atoms with van der Waals surface area (Å²) in [4.78, 5) is 29.9. The number of cyclic esters (lactones) is 1. The SMILES string of the molecule is C/C(=C\c1cc(F)c2c(c1)N(Cc1ccc(Cl)cc1)NN2)[C@H]1OC(=O)C[C@H](O)CC[C@H](C)[C@@H](OC(=O)N2CCN(C)CC2)/C=C/[C@@H]1C. The molecule has 0 bridgehead atoms. The molecule has 3 aliphatic rings. The number of halogens is 2. The molecule has 0 spiro atoms. The van der Waals surface area contributed by atoms with E-state index < -0.39 is 30.1 Å². The molecule has 0 aliphatic carbocycles. The molecule has 3 aliphatic heterocycles. The minimum Gasteiger partial charge on any atom is -0.457 e. The summed E-state index contributed by atoms with van der Waals surface area (Å²) in [5.74, 6) is -1.34. The predicted octanol–water partition coefficient (Wildman–Crippen LogP) is 5.77. The average molecular weight is 670 g/mol. The summed E-state index contributed by atoms with van der Waals surface area (Å²) in [5, 5.41) is 13.1. The second kappa shape index (κ2) is 15.5. The van der Waals surface area contributed by atoms with E-state index in [-0.39, 0.29) is 24.3 Å². The van der Waals surface area contributed by atoms with Gasteiger partial charge in [-0.05, 0) is 79.8 Å². The van der Waals surface area contributed by atoms with Gasteiger partial charge in [-0.3, -0.25) is 15.2 Å². The highest BCUT2D eigenvalue weighted by atomic mass is 35.5. The van der Waals surface area contributed by atoms with Gasteiger partial charge in [0, 0.05) is 37.1 Å². The largest absolute Gasteiger partial charge is 0.457 e. The van der Waals surface area contributed by atoms with Gasteiger partial charge in [0.15, 0.2) is 0 Å². The van der Waals surface area contributed by atoms with Crippen LogP contribution in [0.15, 0.2) is 54.1 Å². The van der Waals surface area contributed by atoms with E-state index in [1.807, 2.05) is 75.3 Å². The number of carbonyl (C=O) groups is 2. The molecule has 1 fully saturated rings. The number of hydrogen-bond donors (Lipinski definition) is 3. The first-order valence-corrected chi connectivity index (χ1v) is 16.6. The predicted molar refractivity (Wildman–Crippen MR) is 181 cm³/mol. The number of hydrazine groups is 2. The molecular weight excluding hydrogens is 625 g/mol. The van der Waals surface area contributed by atoms with Crippen molar-refractivity contribution in [1.29, 1.82) is 0 Å². The standard InChI is InChI=1S/C35H45ClFN5O5/c1-22-5-11-28(43)20-32(44)47-34(23(2)6-12-31(22)46-35(45)41-15-13-40(4)14-16-41)24(3)17-26-18-29(37)33-30(19-26)42(39-38-33)21-25-7-9-27(36)10-8-25/h6-10,12,17-19,22-23,28,31,34,38-39,43H,5,11,13-16,20-21H2,1-4H3/b12-6+,24-17+/t22-,23-,28+,31-,34-/m0/s1. The number of benzene rings is 2. The van der Waals surface area contributed by atoms with Gasteiger partial charge in [0.05, 0.1) is 24.8 Å². The average Bonchev–Trinajstić information content (AvgIpc) is 3.44. The number of esters is 1. The van der Waals surface area contributed by atoms with Crippen LogP contribution in [0.1, 0.15) is 51.2 Å². The quantitative estimate of drug-likeness (QED) is 0.270. The zero-order valence-electron chi connectivity index (χ0n) is 27.4. The van der Waals surface area contributed by atoms with Crippen molar-refractivity contribution in [2.75, 3.05) is 43.7 Å². The van der Waals surface area contributed by atoms with Crippen LogP contribution in [0.3, 0.4) is 0 Å². The fraction of sp³-hybridized carbons (Fsp3) is 0.486. The number of nitrogens with zero attached hydrogens (tertiary/aromatic N) is 3. The second-order valence-electron chi connectivity index (χ2n) is 12.9. The number of nitrogens with one attached hydrogen (secondary N) is 2. The molecule has 12 heteroatoms. The smallest absolute Gasteiger partial charge is 0.410 e. The van der Waals surface area contributed by atoms with Crippen LogP contribution in [0.5, 0.6) is 0 Å². The van der Waals surface area contributed by atoms with Crippen LogP contribution >= 0.6 is 11.6 Å². The molecule has 0 unspecified atom stereocenters. The van der Waals surface area contributed by atoms with Gasteiger partial charge in [0.2, 0.25) is 0 Å². The van der Waals surface area contributed by atoms with E-state index in [0.717, 1.165) is 18.7 Å². The Morgan fingerprint density at radius 1 is 1.13 bits per heavy atom. The number of likely N-dealkylation sites (N-methyl/N-ethyl adjacent to an activating group) is 1. The van der Waals surface area contributed by atoms with Gasteiger partial charge in [-0.1, -0.05) is 49.7 Å². The molecule has 5 atom stereocenters. The Morgan fingerprint density at radius 3 is 2.57 bits per heavy atom. The minimum absolute atomic E-state index is 0.0810. The highest BCUT2D eigenvalue weighted by Gasteiger charge is 2.30. The maximum atomic E-state index is 15.3. The van der Waals surface area contributed by atoms with Crippen LogP contribution in [0, 0.1) is 17.7 Å². The fourth-order valence-electron chi connectivity index (χ4n) is 6.09. The molecule has 10 nitrogen and oxygen atoms in total. The summed E-state index contributed by atoms with van der Waals surface area (Å²) in [6, 6.07) is 10.7. The van der Waals surface area contributed by atoms with Crippen LogP contribution in [0.2, 0.25) is 5.02 Å². The van der Waals surface area contributed by atoms with Crippen LogP contribution in [-0.4, -0.2) is 78.5 Å². The lowest BCUT2D eigenvalue weighted by molar-refractivity contribution is -0.151. The molecule has 0 radical (unpaired) electrons. The third kappa shape index (κ3) is 9.04. The topological polar surface area (TPSA) is 107 Å². The van der Waals surface area contributed by atoms with Gasteiger partial charge in [-0.2, -0.15) is 0 Å². The van der Waals surface area contributed by atoms with Crippen LogP contribution < -0.4 is 16.0 Å².